The summed E-state index contributed by atoms with van der Waals surface area (Å²) >= 11 is 2.35. The summed E-state index contributed by atoms with van der Waals surface area (Å²) in [5, 5.41) is 39.4. The maximum Gasteiger partial charge on any atom is 0.367 e. The quantitative estimate of drug-likeness (QED) is 0.130. The lowest BCUT2D eigenvalue weighted by Crippen LogP contribution is -2.70. The molecule has 0 bridgehead atoms. The van der Waals surface area contributed by atoms with Gasteiger partial charge in [-0.05, 0) is 17.7 Å². The number of aldehydes is 1. The summed E-state index contributed by atoms with van der Waals surface area (Å²) in [4.78, 5) is 73.5. The molecule has 2 aliphatic heterocycles. The highest BCUT2D eigenvalue weighted by molar-refractivity contribution is 8.01. The zero-order valence-corrected chi connectivity index (χ0v) is 22.4. The molecule has 17 heteroatoms. The van der Waals surface area contributed by atoms with Crippen molar-refractivity contribution in [3.8, 4) is 0 Å². The van der Waals surface area contributed by atoms with Gasteiger partial charge in [-0.25, -0.2) is 9.59 Å². The number of aliphatic carboxylic acids is 2. The van der Waals surface area contributed by atoms with E-state index < -0.39 is 53.5 Å². The number of nitrogens with one attached hydrogen (secondary N) is 1. The normalized spacial score (nSPS) is 19.0. The predicted octanol–water partition coefficient (Wildman–Crippen LogP) is -0.648. The van der Waals surface area contributed by atoms with E-state index in [9.17, 15) is 39.0 Å². The summed E-state index contributed by atoms with van der Waals surface area (Å²) in [6.45, 7) is -0.631. The number of benzene rings is 1. The highest BCUT2D eigenvalue weighted by atomic mass is 32.2. The Bertz CT molecular complexity index is 1700. The second kappa shape index (κ2) is 11.2. The highest BCUT2D eigenvalue weighted by Crippen LogP contribution is 2.41. The molecule has 0 spiro atoms. The number of thioether (sulfide) groups is 2. The van der Waals surface area contributed by atoms with E-state index in [0.717, 1.165) is 25.9 Å². The third-order valence-corrected chi connectivity index (χ3v) is 8.65. The van der Waals surface area contributed by atoms with Crippen molar-refractivity contribution in [1.29, 1.82) is 0 Å². The maximum atomic E-state index is 13.0. The molecule has 3 atom stereocenters. The van der Waals surface area contributed by atoms with E-state index in [0.29, 0.717) is 16.9 Å². The van der Waals surface area contributed by atoms with Crippen LogP contribution in [0.15, 0.2) is 57.5 Å². The lowest BCUT2D eigenvalue weighted by Gasteiger charge is -2.49. The minimum atomic E-state index is -1.71. The van der Waals surface area contributed by atoms with Crippen LogP contribution in [-0.4, -0.2) is 92.6 Å². The minimum absolute atomic E-state index is 0.0775. The molecule has 15 nitrogen and oxygen atoms in total. The summed E-state index contributed by atoms with van der Waals surface area (Å²) in [5.74, 6) is -3.82. The molecule has 4 N–H and O–H groups in total. The van der Waals surface area contributed by atoms with Gasteiger partial charge in [0.1, 0.15) is 35.0 Å². The van der Waals surface area contributed by atoms with Crippen molar-refractivity contribution >= 4 is 59.2 Å². The second-order valence-corrected chi connectivity index (χ2v) is 11.0. The van der Waals surface area contributed by atoms with E-state index in [1.165, 1.54) is 30.0 Å². The van der Waals surface area contributed by atoms with Crippen LogP contribution in [0.3, 0.4) is 0 Å². The summed E-state index contributed by atoms with van der Waals surface area (Å²) in [6, 6.07) is 7.92. The van der Waals surface area contributed by atoms with Crippen LogP contribution in [0.1, 0.15) is 22.0 Å². The maximum absolute atomic E-state index is 13.0. The van der Waals surface area contributed by atoms with Crippen LogP contribution >= 0.6 is 23.5 Å². The number of aliphatic hydroxyl groups is 1. The molecule has 2 amide bonds. The summed E-state index contributed by atoms with van der Waals surface area (Å²) in [7, 11) is 0. The molecule has 1 aromatic carbocycles. The van der Waals surface area contributed by atoms with Crippen LogP contribution < -0.4 is 11.0 Å². The molecular weight excluding hydrogens is 580 g/mol. The van der Waals surface area contributed by atoms with Crippen LogP contribution in [0.2, 0.25) is 0 Å². The van der Waals surface area contributed by atoms with E-state index >= 15 is 0 Å². The van der Waals surface area contributed by atoms with Crippen LogP contribution in [0.25, 0.3) is 5.65 Å². The first-order valence-electron chi connectivity index (χ1n) is 11.8. The molecule has 4 heterocycles. The number of β-lactam (4-membered cyclic amide) rings is 1. The van der Waals surface area contributed by atoms with Gasteiger partial charge >= 0.3 is 17.6 Å². The standard InChI is InChI=1S/C24H20N6O9S2/c31-8-11-3-1-2-4-13(11)19(34)20(35)25-17-21(36)29-18(23(37)38)12(10-41-22(17)29)9-40-15-6-5-14-26-28(7-16(32)33)24(39)30(14)27-15/h1-6,8,17,19,22,34H,7,9-10H2,(H,25,35)(H,32,33)(H,37,38)/t17?,19?,22-/m0/s1. The van der Waals surface area contributed by atoms with Crippen molar-refractivity contribution in [2.24, 2.45) is 0 Å². The fraction of sp³-hybridized carbons (Fsp3) is 0.250. The molecule has 0 radical (unpaired) electrons. The number of carboxylic acid groups (broad SMARTS) is 2. The second-order valence-electron chi connectivity index (χ2n) is 8.87. The van der Waals surface area contributed by atoms with Gasteiger partial charge in [0.05, 0.1) is 0 Å². The minimum Gasteiger partial charge on any atom is -0.480 e. The first-order chi connectivity index (χ1) is 19.6. The number of fused-ring (bicyclic) bond motifs is 2. The van der Waals surface area contributed by atoms with Gasteiger partial charge in [0.2, 0.25) is 0 Å². The van der Waals surface area contributed by atoms with Crippen molar-refractivity contribution in [1.82, 2.24) is 29.6 Å². The number of hydrogen-bond acceptors (Lipinski definition) is 11. The van der Waals surface area contributed by atoms with Crippen LogP contribution in [0, 0.1) is 0 Å². The average Bonchev–Trinajstić information content (AvgIpc) is 3.26. The summed E-state index contributed by atoms with van der Waals surface area (Å²) in [5.41, 5.74) is -0.219. The number of carbonyl (C=O) groups is 5. The Hall–Kier alpha value is -4.48. The van der Waals surface area contributed by atoms with Gasteiger partial charge in [0, 0.05) is 22.6 Å². The molecule has 2 aliphatic rings. The Morgan fingerprint density at radius 1 is 1.15 bits per heavy atom. The number of aliphatic hydroxyl groups excluding tert-OH is 1. The fourth-order valence-corrected chi connectivity index (χ4v) is 6.74. The zero-order valence-electron chi connectivity index (χ0n) is 20.7. The largest absolute Gasteiger partial charge is 0.480 e. The van der Waals surface area contributed by atoms with Gasteiger partial charge < -0.3 is 20.6 Å². The molecule has 0 aliphatic carbocycles. The van der Waals surface area contributed by atoms with E-state index in [2.05, 4.69) is 15.5 Å². The number of nitrogens with zero attached hydrogens (tertiary/aromatic N) is 5. The Morgan fingerprint density at radius 2 is 1.90 bits per heavy atom. The molecular formula is C24H20N6O9S2. The number of amides is 2. The lowest BCUT2D eigenvalue weighted by atomic mass is 10.00. The molecule has 3 aromatic rings. The number of carboxylic acids is 2. The Kier molecular flexibility index (Phi) is 7.65. The third-order valence-electron chi connectivity index (χ3n) is 6.31. The molecule has 1 fully saturated rings. The number of carbonyl (C=O) groups excluding carboxylic acids is 3. The van der Waals surface area contributed by atoms with Crippen molar-refractivity contribution in [2.75, 3.05) is 11.5 Å². The Balaban J connectivity index is 1.30. The van der Waals surface area contributed by atoms with Gasteiger partial charge in [-0.2, -0.15) is 14.3 Å². The molecule has 0 saturated carbocycles. The van der Waals surface area contributed by atoms with E-state index in [-0.39, 0.29) is 34.0 Å². The van der Waals surface area contributed by atoms with Gasteiger partial charge in [0.25, 0.3) is 11.8 Å². The molecule has 2 aromatic heterocycles. The molecule has 5 rings (SSSR count). The molecule has 41 heavy (non-hydrogen) atoms. The van der Waals surface area contributed by atoms with E-state index in [1.54, 1.807) is 18.2 Å². The number of aromatic nitrogens is 4. The lowest BCUT2D eigenvalue weighted by molar-refractivity contribution is -0.151. The summed E-state index contributed by atoms with van der Waals surface area (Å²) in [6.07, 6.45) is -1.21. The number of hydrogen-bond donors (Lipinski definition) is 4. The first-order valence-corrected chi connectivity index (χ1v) is 13.9. The first kappa shape index (κ1) is 28.1. The van der Waals surface area contributed by atoms with Crippen LogP contribution in [-0.2, 0) is 25.7 Å². The SMILES string of the molecule is O=Cc1ccccc1C(O)C(=O)NC1C(=O)N2C(C(=O)O)=C(CSc3ccc4nn(CC(=O)O)c(=O)n4n3)CS[C@@H]12. The van der Waals surface area contributed by atoms with Crippen molar-refractivity contribution in [2.45, 2.75) is 29.1 Å². The Morgan fingerprint density at radius 3 is 2.61 bits per heavy atom. The average molecular weight is 601 g/mol. The Labute approximate surface area is 237 Å². The van der Waals surface area contributed by atoms with Crippen molar-refractivity contribution in [3.63, 3.8) is 0 Å². The summed E-state index contributed by atoms with van der Waals surface area (Å²) < 4.78 is 1.70. The van der Waals surface area contributed by atoms with Crippen molar-refractivity contribution in [3.05, 3.63) is 69.3 Å². The smallest absolute Gasteiger partial charge is 0.367 e. The van der Waals surface area contributed by atoms with E-state index in [4.69, 9.17) is 5.11 Å². The van der Waals surface area contributed by atoms with Gasteiger partial charge in [0.15, 0.2) is 11.8 Å². The zero-order chi connectivity index (χ0) is 29.4. The monoisotopic (exact) mass is 600 g/mol. The molecule has 2 unspecified atom stereocenters. The predicted molar refractivity (Wildman–Crippen MR) is 142 cm³/mol. The van der Waals surface area contributed by atoms with E-state index in [1.807, 2.05) is 0 Å². The van der Waals surface area contributed by atoms with Gasteiger partial charge in [-0.15, -0.1) is 28.6 Å². The molecule has 1 saturated heterocycles. The van der Waals surface area contributed by atoms with Gasteiger partial charge in [-0.3, -0.25) is 24.1 Å². The topological polar surface area (TPSA) is 214 Å². The number of rotatable bonds is 10. The molecule has 212 valence electrons. The van der Waals surface area contributed by atoms with Gasteiger partial charge in [-0.1, -0.05) is 24.3 Å². The van der Waals surface area contributed by atoms with Crippen LogP contribution in [0.5, 0.6) is 0 Å². The van der Waals surface area contributed by atoms with Crippen LogP contribution in [0.4, 0.5) is 0 Å². The van der Waals surface area contributed by atoms with Crippen molar-refractivity contribution < 1.29 is 39.3 Å². The fourth-order valence-electron chi connectivity index (χ4n) is 4.40. The third kappa shape index (κ3) is 5.21. The highest BCUT2D eigenvalue weighted by Gasteiger charge is 2.54.